The molecular weight excluding hydrogens is 318 g/mol. The molecule has 0 radical (unpaired) electrons. The Bertz CT molecular complexity index is 481. The van der Waals surface area contributed by atoms with E-state index >= 15 is 0 Å². The lowest BCUT2D eigenvalue weighted by Gasteiger charge is -2.49. The SMILES string of the molecule is CC(C)(C)C(OC(=O)N[C@@H](CC1CCC1)C(=O)O)C(C)(C)C(C)(C)C. The van der Waals surface area contributed by atoms with Crippen LogP contribution in [0.15, 0.2) is 0 Å². The Morgan fingerprint density at radius 3 is 1.92 bits per heavy atom. The number of ether oxygens (including phenoxy) is 1. The number of nitrogens with one attached hydrogen (secondary N) is 1. The Hall–Kier alpha value is -1.26. The number of amides is 1. The van der Waals surface area contributed by atoms with Crippen molar-refractivity contribution in [3.8, 4) is 0 Å². The first kappa shape index (κ1) is 21.8. The van der Waals surface area contributed by atoms with Crippen molar-refractivity contribution in [3.63, 3.8) is 0 Å². The molecule has 0 saturated heterocycles. The normalized spacial score (nSPS) is 18.9. The third kappa shape index (κ3) is 5.61. The summed E-state index contributed by atoms with van der Waals surface area (Å²) in [4.78, 5) is 24.0. The van der Waals surface area contributed by atoms with Crippen LogP contribution in [0.3, 0.4) is 0 Å². The van der Waals surface area contributed by atoms with E-state index in [2.05, 4.69) is 39.9 Å². The Kier molecular flexibility index (Phi) is 6.57. The van der Waals surface area contributed by atoms with Crippen LogP contribution in [0.1, 0.15) is 81.1 Å². The van der Waals surface area contributed by atoms with Gasteiger partial charge in [0.05, 0.1) is 0 Å². The van der Waals surface area contributed by atoms with Gasteiger partial charge in [0.2, 0.25) is 0 Å². The largest absolute Gasteiger partial charge is 0.480 e. The summed E-state index contributed by atoms with van der Waals surface area (Å²) >= 11 is 0. The predicted molar refractivity (Wildman–Crippen MR) is 99.5 cm³/mol. The molecule has 0 bridgehead atoms. The van der Waals surface area contributed by atoms with Crippen LogP contribution >= 0.6 is 0 Å². The molecule has 2 atom stereocenters. The topological polar surface area (TPSA) is 75.6 Å². The minimum Gasteiger partial charge on any atom is -0.480 e. The summed E-state index contributed by atoms with van der Waals surface area (Å²) in [6.07, 6.45) is 2.73. The molecule has 0 aromatic carbocycles. The van der Waals surface area contributed by atoms with Crippen molar-refractivity contribution in [2.75, 3.05) is 0 Å². The third-order valence-electron chi connectivity index (χ3n) is 5.98. The molecule has 0 aromatic rings. The van der Waals surface area contributed by atoms with Gasteiger partial charge in [0.15, 0.2) is 0 Å². The molecule has 0 spiro atoms. The van der Waals surface area contributed by atoms with Crippen molar-refractivity contribution in [1.29, 1.82) is 0 Å². The highest BCUT2D eigenvalue weighted by atomic mass is 16.6. The maximum atomic E-state index is 12.5. The van der Waals surface area contributed by atoms with Crippen LogP contribution in [0.4, 0.5) is 4.79 Å². The molecule has 1 unspecified atom stereocenters. The van der Waals surface area contributed by atoms with Crippen LogP contribution in [0.5, 0.6) is 0 Å². The van der Waals surface area contributed by atoms with Gasteiger partial charge in [-0.05, 0) is 23.2 Å². The molecule has 1 aliphatic rings. The third-order valence-corrected chi connectivity index (χ3v) is 5.98. The van der Waals surface area contributed by atoms with Gasteiger partial charge in [-0.2, -0.15) is 0 Å². The second-order valence-corrected chi connectivity index (χ2v) is 10.2. The molecule has 0 aromatic heterocycles. The highest BCUT2D eigenvalue weighted by molar-refractivity contribution is 5.80. The summed E-state index contributed by atoms with van der Waals surface area (Å²) < 4.78 is 5.81. The van der Waals surface area contributed by atoms with Crippen molar-refractivity contribution < 1.29 is 19.4 Å². The molecule has 1 fully saturated rings. The first-order chi connectivity index (χ1) is 11.2. The molecule has 5 nitrogen and oxygen atoms in total. The van der Waals surface area contributed by atoms with Crippen molar-refractivity contribution in [2.24, 2.45) is 22.2 Å². The highest BCUT2D eigenvalue weighted by Gasteiger charge is 2.48. The van der Waals surface area contributed by atoms with Gasteiger partial charge < -0.3 is 15.2 Å². The average Bonchev–Trinajstić information content (AvgIpc) is 2.35. The van der Waals surface area contributed by atoms with Crippen molar-refractivity contribution in [1.82, 2.24) is 5.32 Å². The molecule has 1 amide bonds. The zero-order valence-corrected chi connectivity index (χ0v) is 17.2. The molecule has 1 aliphatic carbocycles. The first-order valence-corrected chi connectivity index (χ1v) is 9.36. The monoisotopic (exact) mass is 355 g/mol. The summed E-state index contributed by atoms with van der Waals surface area (Å²) in [5.74, 6) is -0.600. The summed E-state index contributed by atoms with van der Waals surface area (Å²) in [7, 11) is 0. The Labute approximate surface area is 152 Å². The van der Waals surface area contributed by atoms with Crippen molar-refractivity contribution in [2.45, 2.75) is 93.2 Å². The number of carbonyl (C=O) groups excluding carboxylic acids is 1. The van der Waals surface area contributed by atoms with Gasteiger partial charge in [-0.15, -0.1) is 0 Å². The number of carbonyl (C=O) groups is 2. The fourth-order valence-electron chi connectivity index (χ4n) is 3.37. The fourth-order valence-corrected chi connectivity index (χ4v) is 3.37. The fraction of sp³-hybridized carbons (Fsp3) is 0.900. The van der Waals surface area contributed by atoms with Crippen LogP contribution in [0.2, 0.25) is 0 Å². The van der Waals surface area contributed by atoms with Gasteiger partial charge in [0.1, 0.15) is 12.1 Å². The Balaban J connectivity index is 2.85. The quantitative estimate of drug-likeness (QED) is 0.714. The summed E-state index contributed by atoms with van der Waals surface area (Å²) in [5, 5.41) is 12.0. The second-order valence-electron chi connectivity index (χ2n) is 10.2. The number of carboxylic acid groups (broad SMARTS) is 1. The van der Waals surface area contributed by atoms with Gasteiger partial charge in [0, 0.05) is 5.41 Å². The van der Waals surface area contributed by atoms with Gasteiger partial charge >= 0.3 is 12.1 Å². The maximum absolute atomic E-state index is 12.5. The number of aliphatic carboxylic acids is 1. The van der Waals surface area contributed by atoms with E-state index in [0.29, 0.717) is 12.3 Å². The molecule has 1 saturated carbocycles. The number of rotatable bonds is 6. The summed E-state index contributed by atoms with van der Waals surface area (Å²) in [6, 6.07) is -0.879. The van der Waals surface area contributed by atoms with Crippen molar-refractivity contribution in [3.05, 3.63) is 0 Å². The van der Waals surface area contributed by atoms with Gasteiger partial charge in [-0.25, -0.2) is 9.59 Å². The van der Waals surface area contributed by atoms with E-state index in [1.54, 1.807) is 0 Å². The number of alkyl carbamates (subject to hydrolysis) is 1. The lowest BCUT2D eigenvalue weighted by Crippen LogP contribution is -2.52. The van der Waals surface area contributed by atoms with E-state index in [0.717, 1.165) is 19.3 Å². The molecule has 0 heterocycles. The van der Waals surface area contributed by atoms with Crippen LogP contribution in [0.25, 0.3) is 0 Å². The molecule has 1 rings (SSSR count). The molecule has 146 valence electrons. The summed E-state index contributed by atoms with van der Waals surface area (Å²) in [6.45, 7) is 16.7. The van der Waals surface area contributed by atoms with Crippen LogP contribution in [0, 0.1) is 22.2 Å². The number of hydrogen-bond donors (Lipinski definition) is 2. The van der Waals surface area contributed by atoms with Gasteiger partial charge in [0.25, 0.3) is 0 Å². The molecule has 2 N–H and O–H groups in total. The minimum absolute atomic E-state index is 0.0800. The van der Waals surface area contributed by atoms with E-state index in [-0.39, 0.29) is 22.3 Å². The molecular formula is C20H37NO4. The summed E-state index contributed by atoms with van der Waals surface area (Å²) in [5.41, 5.74) is -0.626. The number of carboxylic acids is 1. The average molecular weight is 356 g/mol. The zero-order valence-electron chi connectivity index (χ0n) is 17.2. The van der Waals surface area contributed by atoms with E-state index in [4.69, 9.17) is 4.74 Å². The zero-order chi connectivity index (χ0) is 19.6. The lowest BCUT2D eigenvalue weighted by atomic mass is 9.60. The van der Waals surface area contributed by atoms with E-state index in [9.17, 15) is 14.7 Å². The maximum Gasteiger partial charge on any atom is 0.408 e. The molecule has 25 heavy (non-hydrogen) atoms. The Morgan fingerprint density at radius 2 is 1.60 bits per heavy atom. The predicted octanol–water partition coefficient (Wildman–Crippen LogP) is 4.84. The van der Waals surface area contributed by atoms with E-state index in [1.807, 2.05) is 20.8 Å². The highest BCUT2D eigenvalue weighted by Crippen LogP contribution is 2.47. The molecule has 0 aliphatic heterocycles. The van der Waals surface area contributed by atoms with Crippen LogP contribution in [-0.4, -0.2) is 29.3 Å². The Morgan fingerprint density at radius 1 is 1.08 bits per heavy atom. The standard InChI is InChI=1S/C20H37NO4/c1-18(2,3)16(20(7,8)19(4,5)6)25-17(24)21-14(15(22)23)12-13-10-9-11-13/h13-14,16H,9-12H2,1-8H3,(H,21,24)(H,22,23)/t14-,16?/m0/s1. The van der Waals surface area contributed by atoms with E-state index < -0.39 is 18.1 Å². The first-order valence-electron chi connectivity index (χ1n) is 9.36. The lowest BCUT2D eigenvalue weighted by molar-refractivity contribution is -0.140. The number of hydrogen-bond acceptors (Lipinski definition) is 3. The van der Waals surface area contributed by atoms with Crippen LogP contribution < -0.4 is 5.32 Å². The molecule has 5 heteroatoms. The van der Waals surface area contributed by atoms with Gasteiger partial charge in [-0.3, -0.25) is 0 Å². The second kappa shape index (κ2) is 7.55. The smallest absolute Gasteiger partial charge is 0.408 e. The van der Waals surface area contributed by atoms with Gasteiger partial charge in [-0.1, -0.05) is 74.7 Å². The van der Waals surface area contributed by atoms with Crippen molar-refractivity contribution >= 4 is 12.1 Å². The minimum atomic E-state index is -0.994. The van der Waals surface area contributed by atoms with Crippen LogP contribution in [-0.2, 0) is 9.53 Å². The van der Waals surface area contributed by atoms with E-state index in [1.165, 1.54) is 0 Å².